The third-order valence-corrected chi connectivity index (χ3v) is 6.78. The summed E-state index contributed by atoms with van der Waals surface area (Å²) in [5, 5.41) is 2.77. The maximum atomic E-state index is 12.5. The molecule has 0 saturated heterocycles. The number of amides is 1. The van der Waals surface area contributed by atoms with Crippen LogP contribution in [0.5, 0.6) is 0 Å². The van der Waals surface area contributed by atoms with E-state index in [0.717, 1.165) is 12.8 Å². The summed E-state index contributed by atoms with van der Waals surface area (Å²) in [5.74, 6) is -0.685. The number of hydrogen-bond acceptors (Lipinski definition) is 4. The second-order valence-corrected chi connectivity index (χ2v) is 9.28. The quantitative estimate of drug-likeness (QED) is 0.216. The fourth-order valence-corrected chi connectivity index (χ4v) is 4.50. The first kappa shape index (κ1) is 25.6. The van der Waals surface area contributed by atoms with Crippen molar-refractivity contribution in [1.29, 1.82) is 0 Å². The van der Waals surface area contributed by atoms with E-state index in [-0.39, 0.29) is 5.91 Å². The van der Waals surface area contributed by atoms with Crippen molar-refractivity contribution in [2.45, 2.75) is 111 Å². The van der Waals surface area contributed by atoms with Crippen molar-refractivity contribution in [2.24, 2.45) is 0 Å². The number of carbonyl (C=O) groups excluding carboxylic acids is 1. The molecule has 5 nitrogen and oxygen atoms in total. The molecule has 1 amide bonds. The molecule has 0 spiro atoms. The predicted molar refractivity (Wildman–Crippen MR) is 110 cm³/mol. The van der Waals surface area contributed by atoms with Gasteiger partial charge in [0.1, 0.15) is 5.78 Å². The summed E-state index contributed by atoms with van der Waals surface area (Å²) in [5.41, 5.74) is 0. The molecule has 156 valence electrons. The summed E-state index contributed by atoms with van der Waals surface area (Å²) in [7, 11) is -3.26. The van der Waals surface area contributed by atoms with Gasteiger partial charge >= 0.3 is 7.60 Å². The summed E-state index contributed by atoms with van der Waals surface area (Å²) in [6.07, 6.45) is 14.3. The number of rotatable bonds is 18. The molecule has 1 atom stereocenters. The van der Waals surface area contributed by atoms with Crippen molar-refractivity contribution in [3.63, 3.8) is 0 Å². The summed E-state index contributed by atoms with van der Waals surface area (Å²) in [6.45, 7) is 8.07. The zero-order valence-corrected chi connectivity index (χ0v) is 18.5. The van der Waals surface area contributed by atoms with Crippen LogP contribution in [0.2, 0.25) is 0 Å². The molecule has 0 aromatic carbocycles. The monoisotopic (exact) mass is 391 g/mol. The van der Waals surface area contributed by atoms with Gasteiger partial charge in [-0.2, -0.15) is 0 Å². The molecule has 0 rings (SSSR count). The minimum Gasteiger partial charge on any atom is -0.342 e. The largest absolute Gasteiger partial charge is 0.352 e. The zero-order valence-electron chi connectivity index (χ0n) is 17.6. The lowest BCUT2D eigenvalue weighted by molar-refractivity contribution is -0.121. The third kappa shape index (κ3) is 12.9. The highest BCUT2D eigenvalue weighted by Crippen LogP contribution is 2.51. The Morgan fingerprint density at radius 1 is 0.808 bits per heavy atom. The van der Waals surface area contributed by atoms with Crippen molar-refractivity contribution < 1.29 is 18.4 Å². The van der Waals surface area contributed by atoms with Gasteiger partial charge in [-0.1, -0.05) is 71.1 Å². The van der Waals surface area contributed by atoms with Gasteiger partial charge in [0, 0.05) is 6.42 Å². The van der Waals surface area contributed by atoms with Crippen LogP contribution in [0.4, 0.5) is 0 Å². The van der Waals surface area contributed by atoms with Crippen LogP contribution >= 0.6 is 7.60 Å². The molecule has 0 radical (unpaired) electrons. The van der Waals surface area contributed by atoms with E-state index >= 15 is 0 Å². The Bertz CT molecular complexity index is 380. The van der Waals surface area contributed by atoms with E-state index in [1.54, 1.807) is 20.8 Å². The summed E-state index contributed by atoms with van der Waals surface area (Å²) in [4.78, 5) is 12.0. The third-order valence-electron chi connectivity index (χ3n) is 4.47. The Labute approximate surface area is 161 Å². The van der Waals surface area contributed by atoms with Gasteiger partial charge < -0.3 is 14.4 Å². The van der Waals surface area contributed by atoms with Gasteiger partial charge in [0.05, 0.1) is 13.2 Å². The van der Waals surface area contributed by atoms with Crippen LogP contribution in [-0.2, 0) is 18.4 Å². The smallest absolute Gasteiger partial charge is 0.342 e. The Morgan fingerprint density at radius 2 is 1.23 bits per heavy atom. The van der Waals surface area contributed by atoms with Gasteiger partial charge in [-0.3, -0.25) is 9.36 Å². The lowest BCUT2D eigenvalue weighted by atomic mass is 10.1. The van der Waals surface area contributed by atoms with Crippen LogP contribution in [0.3, 0.4) is 0 Å². The molecular weight excluding hydrogens is 349 g/mol. The van der Waals surface area contributed by atoms with Crippen LogP contribution in [0.25, 0.3) is 0 Å². The Hall–Kier alpha value is -0.380. The lowest BCUT2D eigenvalue weighted by Crippen LogP contribution is -2.33. The minimum atomic E-state index is -3.26. The molecule has 0 aliphatic heterocycles. The molecule has 6 heteroatoms. The normalized spacial score (nSPS) is 12.9. The molecule has 0 aromatic heterocycles. The van der Waals surface area contributed by atoms with Gasteiger partial charge in [-0.05, 0) is 27.2 Å². The Balaban J connectivity index is 3.72. The van der Waals surface area contributed by atoms with Crippen LogP contribution in [-0.4, -0.2) is 24.9 Å². The predicted octanol–water partition coefficient (Wildman–Crippen LogP) is 6.42. The van der Waals surface area contributed by atoms with Crippen LogP contribution in [0.15, 0.2) is 0 Å². The van der Waals surface area contributed by atoms with Gasteiger partial charge in [-0.15, -0.1) is 0 Å². The van der Waals surface area contributed by atoms with Gasteiger partial charge in [0.2, 0.25) is 5.91 Å². The molecule has 1 unspecified atom stereocenters. The molecule has 0 saturated carbocycles. The molecule has 0 aliphatic rings. The van der Waals surface area contributed by atoms with Crippen molar-refractivity contribution >= 4 is 13.5 Å². The van der Waals surface area contributed by atoms with Crippen molar-refractivity contribution in [1.82, 2.24) is 5.32 Å². The van der Waals surface area contributed by atoms with Crippen LogP contribution in [0.1, 0.15) is 105 Å². The second-order valence-electron chi connectivity index (χ2n) is 6.90. The Morgan fingerprint density at radius 3 is 1.65 bits per heavy atom. The SMILES string of the molecule is CCCCCCCCCCCCCC(=O)NC(C)P(=O)(OCC)OCC. The average molecular weight is 392 g/mol. The highest BCUT2D eigenvalue weighted by Gasteiger charge is 2.32. The van der Waals surface area contributed by atoms with Crippen molar-refractivity contribution in [3.8, 4) is 0 Å². The maximum Gasteiger partial charge on any atom is 0.352 e. The number of unbranched alkanes of at least 4 members (excludes halogenated alkanes) is 10. The molecule has 0 heterocycles. The molecule has 1 N–H and O–H groups in total. The maximum absolute atomic E-state index is 12.5. The summed E-state index contributed by atoms with van der Waals surface area (Å²) < 4.78 is 23.1. The molecular formula is C20H42NO4P. The summed E-state index contributed by atoms with van der Waals surface area (Å²) >= 11 is 0. The molecule has 0 bridgehead atoms. The van der Waals surface area contributed by atoms with Crippen LogP contribution in [0, 0.1) is 0 Å². The lowest BCUT2D eigenvalue weighted by Gasteiger charge is -2.24. The number of hydrogen-bond donors (Lipinski definition) is 1. The molecule has 0 fully saturated rings. The number of carbonyl (C=O) groups is 1. The zero-order chi connectivity index (χ0) is 19.7. The summed E-state index contributed by atoms with van der Waals surface area (Å²) in [6, 6.07) is 0. The topological polar surface area (TPSA) is 64.6 Å². The number of nitrogens with one attached hydrogen (secondary N) is 1. The highest BCUT2D eigenvalue weighted by atomic mass is 31.2. The van der Waals surface area contributed by atoms with E-state index in [2.05, 4.69) is 12.2 Å². The van der Waals surface area contributed by atoms with E-state index in [1.807, 2.05) is 0 Å². The second kappa shape index (κ2) is 16.8. The first-order chi connectivity index (χ1) is 12.5. The molecule has 26 heavy (non-hydrogen) atoms. The van der Waals surface area contributed by atoms with Crippen LogP contribution < -0.4 is 5.32 Å². The van der Waals surface area contributed by atoms with E-state index in [4.69, 9.17) is 9.05 Å². The highest BCUT2D eigenvalue weighted by molar-refractivity contribution is 7.54. The van der Waals surface area contributed by atoms with E-state index in [9.17, 15) is 9.36 Å². The standard InChI is InChI=1S/C20H42NO4P/c1-5-8-9-10-11-12-13-14-15-16-17-18-20(22)21-19(4)26(23,24-6-2)25-7-3/h19H,5-18H2,1-4H3,(H,21,22). The van der Waals surface area contributed by atoms with Crippen molar-refractivity contribution in [2.75, 3.05) is 13.2 Å². The fraction of sp³-hybridized carbons (Fsp3) is 0.950. The minimum absolute atomic E-state index is 0.0759. The average Bonchev–Trinajstić information content (AvgIpc) is 2.60. The fourth-order valence-electron chi connectivity index (χ4n) is 2.95. The van der Waals surface area contributed by atoms with Gasteiger partial charge in [0.15, 0.2) is 0 Å². The first-order valence-electron chi connectivity index (χ1n) is 10.7. The molecule has 0 aromatic rings. The van der Waals surface area contributed by atoms with Gasteiger partial charge in [-0.25, -0.2) is 0 Å². The van der Waals surface area contributed by atoms with E-state index in [1.165, 1.54) is 57.8 Å². The van der Waals surface area contributed by atoms with E-state index in [0.29, 0.717) is 19.6 Å². The Kier molecular flexibility index (Phi) is 16.5. The first-order valence-corrected chi connectivity index (χ1v) is 12.3. The van der Waals surface area contributed by atoms with Gasteiger partial charge in [0.25, 0.3) is 0 Å². The van der Waals surface area contributed by atoms with Crippen molar-refractivity contribution in [3.05, 3.63) is 0 Å². The molecule has 0 aliphatic carbocycles. The van der Waals surface area contributed by atoms with E-state index < -0.39 is 13.4 Å².